The van der Waals surface area contributed by atoms with Gasteiger partial charge < -0.3 is 0 Å². The maximum absolute atomic E-state index is 11.8. The minimum absolute atomic E-state index is 0.249. The Morgan fingerprint density at radius 3 is 2.60 bits per heavy atom. The Morgan fingerprint density at radius 2 is 1.95 bits per heavy atom. The summed E-state index contributed by atoms with van der Waals surface area (Å²) in [5, 5.41) is -0.230. The predicted octanol–water partition coefficient (Wildman–Crippen LogP) is 1.74. The Hall–Kier alpha value is -1.19. The third kappa shape index (κ3) is 3.90. The van der Waals surface area contributed by atoms with Crippen LogP contribution in [0.1, 0.15) is 0 Å². The van der Waals surface area contributed by atoms with Crippen molar-refractivity contribution in [2.24, 2.45) is 0 Å². The number of para-hydroxylation sites is 1. The molecule has 9 heteroatoms. The lowest BCUT2D eigenvalue weighted by atomic mass is 10.2. The number of nitrogens with one attached hydrogen (secondary N) is 1. The SMILES string of the molecule is CS(=O)(=O)CS(=O)(=O)Nc1cccc2cc(Br)cnc12. The number of anilines is 1. The Kier molecular flexibility index (Phi) is 4.03. The molecule has 1 aromatic carbocycles. The van der Waals surface area contributed by atoms with Crippen molar-refractivity contribution in [1.29, 1.82) is 0 Å². The molecular weight excluding hydrogens is 368 g/mol. The molecule has 1 N–H and O–H groups in total. The van der Waals surface area contributed by atoms with E-state index in [4.69, 9.17) is 0 Å². The number of halogens is 1. The molecule has 0 atom stereocenters. The first-order valence-corrected chi connectivity index (χ1v) is 9.89. The van der Waals surface area contributed by atoms with Crippen LogP contribution in [0.2, 0.25) is 0 Å². The standard InChI is InChI=1S/C11H11BrN2O4S2/c1-19(15,16)7-20(17,18)14-10-4-2-3-8-5-9(12)6-13-11(8)10/h2-6,14H,7H2,1H3. The number of nitrogens with zero attached hydrogens (tertiary/aromatic N) is 1. The molecule has 0 fully saturated rings. The van der Waals surface area contributed by atoms with E-state index in [9.17, 15) is 16.8 Å². The number of rotatable bonds is 4. The van der Waals surface area contributed by atoms with Gasteiger partial charge in [0.05, 0.1) is 11.2 Å². The van der Waals surface area contributed by atoms with Gasteiger partial charge in [0, 0.05) is 22.3 Å². The van der Waals surface area contributed by atoms with Gasteiger partial charge in [0.15, 0.2) is 14.9 Å². The number of aromatic nitrogens is 1. The van der Waals surface area contributed by atoms with E-state index in [0.717, 1.165) is 16.1 Å². The summed E-state index contributed by atoms with van der Waals surface area (Å²) in [6.45, 7) is 0. The number of sulfone groups is 1. The highest BCUT2D eigenvalue weighted by Crippen LogP contribution is 2.24. The molecule has 0 saturated carbocycles. The highest BCUT2D eigenvalue weighted by atomic mass is 79.9. The Bertz CT molecular complexity index is 863. The van der Waals surface area contributed by atoms with Crippen LogP contribution in [0.5, 0.6) is 0 Å². The molecule has 2 rings (SSSR count). The van der Waals surface area contributed by atoms with Crippen molar-refractivity contribution in [2.75, 3.05) is 16.1 Å². The second-order valence-electron chi connectivity index (χ2n) is 4.29. The van der Waals surface area contributed by atoms with E-state index >= 15 is 0 Å². The molecule has 0 unspecified atom stereocenters. The summed E-state index contributed by atoms with van der Waals surface area (Å²) in [4.78, 5) is 4.14. The van der Waals surface area contributed by atoms with E-state index in [-0.39, 0.29) is 5.69 Å². The van der Waals surface area contributed by atoms with Gasteiger partial charge in [-0.3, -0.25) is 9.71 Å². The zero-order valence-electron chi connectivity index (χ0n) is 10.4. The zero-order chi connectivity index (χ0) is 15.0. The first kappa shape index (κ1) is 15.2. The van der Waals surface area contributed by atoms with Crippen molar-refractivity contribution in [3.63, 3.8) is 0 Å². The van der Waals surface area contributed by atoms with Crippen LogP contribution >= 0.6 is 15.9 Å². The number of pyridine rings is 1. The molecule has 0 aliphatic heterocycles. The fraction of sp³-hybridized carbons (Fsp3) is 0.182. The van der Waals surface area contributed by atoms with E-state index < -0.39 is 24.9 Å². The summed E-state index contributed by atoms with van der Waals surface area (Å²) in [5.41, 5.74) is 0.700. The molecule has 1 heterocycles. The fourth-order valence-corrected chi connectivity index (χ4v) is 5.03. The average Bonchev–Trinajstić information content (AvgIpc) is 2.24. The highest BCUT2D eigenvalue weighted by Gasteiger charge is 2.19. The van der Waals surface area contributed by atoms with Crippen molar-refractivity contribution >= 4 is 52.4 Å². The molecule has 2 aromatic rings. The van der Waals surface area contributed by atoms with Crippen LogP contribution < -0.4 is 4.72 Å². The van der Waals surface area contributed by atoms with Crippen molar-refractivity contribution < 1.29 is 16.8 Å². The van der Waals surface area contributed by atoms with Crippen molar-refractivity contribution in [3.05, 3.63) is 34.9 Å². The van der Waals surface area contributed by atoms with Crippen LogP contribution in [0.25, 0.3) is 10.9 Å². The summed E-state index contributed by atoms with van der Waals surface area (Å²) in [5.74, 6) is 0. The van der Waals surface area contributed by atoms with E-state index in [2.05, 4.69) is 25.6 Å². The second-order valence-corrected chi connectivity index (χ2v) is 9.43. The largest absolute Gasteiger partial charge is 0.280 e. The van der Waals surface area contributed by atoms with Gasteiger partial charge in [-0.05, 0) is 28.1 Å². The van der Waals surface area contributed by atoms with Crippen LogP contribution in [0, 0.1) is 0 Å². The molecule has 1 aromatic heterocycles. The van der Waals surface area contributed by atoms with Gasteiger partial charge in [0.2, 0.25) is 10.0 Å². The van der Waals surface area contributed by atoms with Gasteiger partial charge in [0.1, 0.15) is 0 Å². The minimum Gasteiger partial charge on any atom is -0.280 e. The van der Waals surface area contributed by atoms with Crippen molar-refractivity contribution in [2.45, 2.75) is 0 Å². The number of benzene rings is 1. The molecule has 0 aliphatic carbocycles. The Morgan fingerprint density at radius 1 is 1.25 bits per heavy atom. The summed E-state index contributed by atoms with van der Waals surface area (Å²) in [6.07, 6.45) is 2.40. The van der Waals surface area contributed by atoms with Crippen LogP contribution in [0.3, 0.4) is 0 Å². The predicted molar refractivity (Wildman–Crippen MR) is 81.7 cm³/mol. The summed E-state index contributed by atoms with van der Waals surface area (Å²) in [6, 6.07) is 6.76. The number of sulfonamides is 1. The lowest BCUT2D eigenvalue weighted by molar-refractivity contribution is 0.595. The molecule has 0 amide bonds. The number of fused-ring (bicyclic) bond motifs is 1. The average molecular weight is 379 g/mol. The van der Waals surface area contributed by atoms with Gasteiger partial charge >= 0.3 is 0 Å². The third-order valence-electron chi connectivity index (χ3n) is 2.31. The maximum Gasteiger partial charge on any atom is 0.247 e. The molecule has 0 radical (unpaired) electrons. The van der Waals surface area contributed by atoms with Crippen LogP contribution in [-0.2, 0) is 19.9 Å². The minimum atomic E-state index is -3.98. The van der Waals surface area contributed by atoms with Crippen molar-refractivity contribution in [3.8, 4) is 0 Å². The normalized spacial score (nSPS) is 12.5. The summed E-state index contributed by atoms with van der Waals surface area (Å²) < 4.78 is 48.8. The van der Waals surface area contributed by atoms with Gasteiger partial charge in [-0.2, -0.15) is 0 Å². The van der Waals surface area contributed by atoms with Crippen LogP contribution in [-0.4, -0.2) is 33.2 Å². The quantitative estimate of drug-likeness (QED) is 0.874. The molecule has 0 spiro atoms. The van der Waals surface area contributed by atoms with Gasteiger partial charge in [-0.25, -0.2) is 16.8 Å². The van der Waals surface area contributed by atoms with Crippen molar-refractivity contribution in [1.82, 2.24) is 4.98 Å². The van der Waals surface area contributed by atoms with Crippen LogP contribution in [0.4, 0.5) is 5.69 Å². The lowest BCUT2D eigenvalue weighted by Crippen LogP contribution is -2.22. The topological polar surface area (TPSA) is 93.2 Å². The third-order valence-corrected chi connectivity index (χ3v) is 6.23. The molecule has 108 valence electrons. The Labute approximate surface area is 125 Å². The smallest absolute Gasteiger partial charge is 0.247 e. The molecule has 0 bridgehead atoms. The van der Waals surface area contributed by atoms with E-state index in [1.165, 1.54) is 12.3 Å². The van der Waals surface area contributed by atoms with E-state index in [1.54, 1.807) is 18.2 Å². The van der Waals surface area contributed by atoms with E-state index in [0.29, 0.717) is 5.52 Å². The molecular formula is C11H11BrN2O4S2. The van der Waals surface area contributed by atoms with Gasteiger partial charge in [-0.15, -0.1) is 0 Å². The first-order chi connectivity index (χ1) is 9.16. The number of hydrogen-bond donors (Lipinski definition) is 1. The molecule has 20 heavy (non-hydrogen) atoms. The van der Waals surface area contributed by atoms with Gasteiger partial charge in [-0.1, -0.05) is 12.1 Å². The number of hydrogen-bond acceptors (Lipinski definition) is 5. The zero-order valence-corrected chi connectivity index (χ0v) is 13.6. The van der Waals surface area contributed by atoms with Gasteiger partial charge in [0.25, 0.3) is 0 Å². The van der Waals surface area contributed by atoms with E-state index in [1.807, 2.05) is 0 Å². The molecule has 0 saturated heterocycles. The highest BCUT2D eigenvalue weighted by molar-refractivity contribution is 9.10. The summed E-state index contributed by atoms with van der Waals surface area (Å²) in [7, 11) is -7.62. The fourth-order valence-electron chi connectivity index (χ4n) is 1.70. The molecule has 0 aliphatic rings. The maximum atomic E-state index is 11.8. The lowest BCUT2D eigenvalue weighted by Gasteiger charge is -2.09. The first-order valence-electron chi connectivity index (χ1n) is 5.39. The second kappa shape index (κ2) is 5.30. The monoisotopic (exact) mass is 378 g/mol. The summed E-state index contributed by atoms with van der Waals surface area (Å²) >= 11 is 3.28. The Balaban J connectivity index is 2.45. The molecule has 6 nitrogen and oxygen atoms in total. The van der Waals surface area contributed by atoms with Crippen LogP contribution in [0.15, 0.2) is 34.9 Å².